The van der Waals surface area contributed by atoms with Crippen LogP contribution in [0, 0.1) is 17.1 Å². The molecule has 0 aromatic heterocycles. The first-order valence-corrected chi connectivity index (χ1v) is 11.2. The van der Waals surface area contributed by atoms with Crippen molar-refractivity contribution in [1.82, 2.24) is 4.90 Å². The number of benzene rings is 2. The van der Waals surface area contributed by atoms with Crippen molar-refractivity contribution < 1.29 is 18.7 Å². The minimum absolute atomic E-state index is 0.0330. The van der Waals surface area contributed by atoms with Crippen molar-refractivity contribution in [2.24, 2.45) is 0 Å². The molecule has 1 aliphatic heterocycles. The van der Waals surface area contributed by atoms with E-state index < -0.39 is 5.91 Å². The molecule has 168 valence electrons. The average Bonchev–Trinajstić information content (AvgIpc) is 2.83. The van der Waals surface area contributed by atoms with Crippen molar-refractivity contribution in [1.29, 1.82) is 5.26 Å². The molecule has 2 aromatic carbocycles. The smallest absolute Gasteiger partial charge is 0.271 e. The van der Waals surface area contributed by atoms with Crippen LogP contribution in [0.2, 0.25) is 0 Å². The highest BCUT2D eigenvalue weighted by atomic mass is 19.1. The van der Waals surface area contributed by atoms with Crippen LogP contribution in [0.1, 0.15) is 50.2 Å². The number of amides is 2. The van der Waals surface area contributed by atoms with Crippen molar-refractivity contribution in [3.8, 4) is 11.8 Å². The molecule has 2 aromatic rings. The van der Waals surface area contributed by atoms with Gasteiger partial charge in [0.2, 0.25) is 0 Å². The number of hydrogen-bond donors (Lipinski definition) is 0. The van der Waals surface area contributed by atoms with Crippen molar-refractivity contribution in [3.63, 3.8) is 0 Å². The fourth-order valence-corrected chi connectivity index (χ4v) is 4.34. The van der Waals surface area contributed by atoms with Crippen LogP contribution in [0.25, 0.3) is 6.08 Å². The normalized spacial score (nSPS) is 18.6. The number of ether oxygens (including phenoxy) is 1. The zero-order valence-corrected chi connectivity index (χ0v) is 18.5. The number of nitriles is 1. The first-order valence-electron chi connectivity index (χ1n) is 11.2. The van der Waals surface area contributed by atoms with E-state index in [1.54, 1.807) is 37.3 Å². The Balaban J connectivity index is 1.55. The Morgan fingerprint density at radius 3 is 2.33 bits per heavy atom. The number of nitrogens with zero attached hydrogens (tertiary/aromatic N) is 2. The van der Waals surface area contributed by atoms with E-state index in [4.69, 9.17) is 4.74 Å². The Bertz CT molecular complexity index is 1150. The third-order valence-electron chi connectivity index (χ3n) is 6.22. The molecule has 2 amide bonds. The van der Waals surface area contributed by atoms with E-state index in [0.29, 0.717) is 23.5 Å². The monoisotopic (exact) mass is 444 g/mol. The van der Waals surface area contributed by atoms with Gasteiger partial charge in [-0.2, -0.15) is 5.26 Å². The summed E-state index contributed by atoms with van der Waals surface area (Å²) in [5.74, 6) is -0.463. The Hall–Kier alpha value is -3.72. The molecule has 0 saturated heterocycles. The third-order valence-corrected chi connectivity index (χ3v) is 6.22. The molecule has 1 saturated carbocycles. The zero-order valence-electron chi connectivity index (χ0n) is 18.5. The van der Waals surface area contributed by atoms with Crippen molar-refractivity contribution in [3.05, 3.63) is 82.2 Å². The lowest BCUT2D eigenvalue weighted by atomic mass is 9.88. The van der Waals surface area contributed by atoms with Gasteiger partial charge in [0.05, 0.1) is 0 Å². The predicted molar refractivity (Wildman–Crippen MR) is 122 cm³/mol. The van der Waals surface area contributed by atoms with Crippen molar-refractivity contribution in [2.75, 3.05) is 0 Å². The molecule has 1 heterocycles. The molecule has 0 radical (unpaired) electrons. The zero-order chi connectivity index (χ0) is 23.4. The van der Waals surface area contributed by atoms with E-state index in [1.165, 1.54) is 17.0 Å². The minimum Gasteiger partial charge on any atom is -0.489 e. The molecule has 5 nitrogen and oxygen atoms in total. The molecular formula is C27H25FN2O3. The predicted octanol–water partition coefficient (Wildman–Crippen LogP) is 5.33. The van der Waals surface area contributed by atoms with Crippen LogP contribution in [-0.2, 0) is 16.2 Å². The van der Waals surface area contributed by atoms with Gasteiger partial charge in [0, 0.05) is 11.6 Å². The molecule has 0 unspecified atom stereocenters. The van der Waals surface area contributed by atoms with Gasteiger partial charge < -0.3 is 4.74 Å². The molecule has 0 atom stereocenters. The molecular weight excluding hydrogens is 419 g/mol. The number of carbonyl (C=O) groups excluding carboxylic acids is 2. The van der Waals surface area contributed by atoms with Gasteiger partial charge in [0.1, 0.15) is 29.8 Å². The summed E-state index contributed by atoms with van der Waals surface area (Å²) in [6.07, 6.45) is 6.34. The van der Waals surface area contributed by atoms with Crippen LogP contribution in [0.5, 0.6) is 5.75 Å². The van der Waals surface area contributed by atoms with Gasteiger partial charge in [-0.05, 0) is 66.8 Å². The second kappa shape index (κ2) is 9.83. The lowest BCUT2D eigenvalue weighted by Gasteiger charge is -2.36. The van der Waals surface area contributed by atoms with Crippen LogP contribution in [0.3, 0.4) is 0 Å². The SMILES string of the molecule is CC1=C(C#N)C(=O)N(C2CCCCC2)C(=O)/C1=C/c1ccc(OCc2ccc(F)cc2)cc1. The first-order chi connectivity index (χ1) is 16.0. The summed E-state index contributed by atoms with van der Waals surface area (Å²) in [6.45, 7) is 1.96. The second-order valence-electron chi connectivity index (χ2n) is 8.43. The molecule has 0 spiro atoms. The van der Waals surface area contributed by atoms with E-state index >= 15 is 0 Å². The van der Waals surface area contributed by atoms with Gasteiger partial charge in [-0.15, -0.1) is 0 Å². The summed E-state index contributed by atoms with van der Waals surface area (Å²) in [5, 5.41) is 9.59. The highest BCUT2D eigenvalue weighted by Gasteiger charge is 2.39. The topological polar surface area (TPSA) is 70.4 Å². The minimum atomic E-state index is -0.478. The molecule has 33 heavy (non-hydrogen) atoms. The van der Waals surface area contributed by atoms with Crippen LogP contribution >= 0.6 is 0 Å². The lowest BCUT2D eigenvalue weighted by molar-refractivity contribution is -0.143. The quantitative estimate of drug-likeness (QED) is 0.462. The van der Waals surface area contributed by atoms with Crippen LogP contribution < -0.4 is 4.74 Å². The van der Waals surface area contributed by atoms with Crippen LogP contribution in [-0.4, -0.2) is 22.8 Å². The van der Waals surface area contributed by atoms with Crippen molar-refractivity contribution in [2.45, 2.75) is 51.7 Å². The molecule has 2 aliphatic rings. The van der Waals surface area contributed by atoms with Gasteiger partial charge in [-0.1, -0.05) is 43.5 Å². The molecule has 0 bridgehead atoms. The Labute approximate surface area is 192 Å². The van der Waals surface area contributed by atoms with Crippen LogP contribution in [0.4, 0.5) is 4.39 Å². The summed E-state index contributed by atoms with van der Waals surface area (Å²) in [4.78, 5) is 27.5. The summed E-state index contributed by atoms with van der Waals surface area (Å²) in [5.41, 5.74) is 2.44. The summed E-state index contributed by atoms with van der Waals surface area (Å²) in [7, 11) is 0. The van der Waals surface area contributed by atoms with E-state index in [-0.39, 0.29) is 23.3 Å². The maximum absolute atomic E-state index is 13.3. The number of carbonyl (C=O) groups is 2. The fourth-order valence-electron chi connectivity index (χ4n) is 4.34. The van der Waals surface area contributed by atoms with Gasteiger partial charge in [-0.25, -0.2) is 4.39 Å². The van der Waals surface area contributed by atoms with Crippen LogP contribution in [0.15, 0.2) is 65.3 Å². The van der Waals surface area contributed by atoms with E-state index in [1.807, 2.05) is 18.2 Å². The highest BCUT2D eigenvalue weighted by Crippen LogP contribution is 2.32. The molecule has 1 fully saturated rings. The number of imide groups is 1. The van der Waals surface area contributed by atoms with Gasteiger partial charge in [0.15, 0.2) is 0 Å². The standard InChI is InChI=1S/C27H25FN2O3/c1-18-24(26(31)30(27(32)25(18)16-29)22-5-3-2-4-6-22)15-19-9-13-23(14-10-19)33-17-20-7-11-21(28)12-8-20/h7-15,22H,2-6,17H2,1H3/b24-15+. The largest absolute Gasteiger partial charge is 0.489 e. The summed E-state index contributed by atoms with van der Waals surface area (Å²) >= 11 is 0. The van der Waals surface area contributed by atoms with E-state index in [2.05, 4.69) is 0 Å². The van der Waals surface area contributed by atoms with Gasteiger partial charge in [-0.3, -0.25) is 14.5 Å². The average molecular weight is 445 g/mol. The molecule has 4 rings (SSSR count). The van der Waals surface area contributed by atoms with E-state index in [9.17, 15) is 19.2 Å². The summed E-state index contributed by atoms with van der Waals surface area (Å²) < 4.78 is 18.8. The van der Waals surface area contributed by atoms with E-state index in [0.717, 1.165) is 43.2 Å². The van der Waals surface area contributed by atoms with Gasteiger partial charge in [0.25, 0.3) is 11.8 Å². The lowest BCUT2D eigenvalue weighted by Crippen LogP contribution is -2.49. The third kappa shape index (κ3) is 4.88. The van der Waals surface area contributed by atoms with Crippen molar-refractivity contribution >= 4 is 17.9 Å². The van der Waals surface area contributed by atoms with Gasteiger partial charge >= 0.3 is 0 Å². The maximum atomic E-state index is 13.3. The fraction of sp³-hybridized carbons (Fsp3) is 0.296. The second-order valence-corrected chi connectivity index (χ2v) is 8.43. The summed E-state index contributed by atoms with van der Waals surface area (Å²) in [6, 6.07) is 15.2. The number of halogens is 1. The number of rotatable bonds is 5. The Morgan fingerprint density at radius 2 is 1.70 bits per heavy atom. The first kappa shape index (κ1) is 22.5. The molecule has 0 N–H and O–H groups in total. The maximum Gasteiger partial charge on any atom is 0.271 e. The number of hydrogen-bond acceptors (Lipinski definition) is 4. The Kier molecular flexibility index (Phi) is 6.69. The molecule has 6 heteroatoms. The molecule has 1 aliphatic carbocycles. The highest BCUT2D eigenvalue weighted by molar-refractivity contribution is 6.19. The Morgan fingerprint density at radius 1 is 1.03 bits per heavy atom.